The van der Waals surface area contributed by atoms with E-state index in [1.165, 1.54) is 16.8 Å². The number of rotatable bonds is 3. The van der Waals surface area contributed by atoms with E-state index in [1.807, 2.05) is 18.0 Å². The van der Waals surface area contributed by atoms with Crippen molar-refractivity contribution in [3.63, 3.8) is 0 Å². The van der Waals surface area contributed by atoms with Crippen LogP contribution in [0.3, 0.4) is 0 Å². The molecule has 1 saturated heterocycles. The van der Waals surface area contributed by atoms with Gasteiger partial charge in [-0.05, 0) is 32.3 Å². The second-order valence-corrected chi connectivity index (χ2v) is 7.88. The van der Waals surface area contributed by atoms with Crippen molar-refractivity contribution in [3.05, 3.63) is 58.7 Å². The Morgan fingerprint density at radius 3 is 2.93 bits per heavy atom. The SMILES string of the molecule is Cc1ccc([C@H](C)C(=O)N2CCC[C@@H](c3ncc4c(n3)CCNC4)C2)cc1. The van der Waals surface area contributed by atoms with Gasteiger partial charge in [0.25, 0.3) is 0 Å². The molecule has 1 N–H and O–H groups in total. The van der Waals surface area contributed by atoms with Gasteiger partial charge in [-0.25, -0.2) is 9.97 Å². The van der Waals surface area contributed by atoms with Crippen LogP contribution in [0.1, 0.15) is 59.8 Å². The molecular weight excluding hydrogens is 336 g/mol. The molecule has 27 heavy (non-hydrogen) atoms. The van der Waals surface area contributed by atoms with Crippen LogP contribution in [-0.2, 0) is 17.8 Å². The van der Waals surface area contributed by atoms with Gasteiger partial charge in [0, 0.05) is 56.0 Å². The van der Waals surface area contributed by atoms with Gasteiger partial charge < -0.3 is 10.2 Å². The summed E-state index contributed by atoms with van der Waals surface area (Å²) in [5.74, 6) is 1.26. The molecule has 1 amide bonds. The summed E-state index contributed by atoms with van der Waals surface area (Å²) in [6.45, 7) is 7.48. The van der Waals surface area contributed by atoms with Crippen LogP contribution in [-0.4, -0.2) is 40.4 Å². The number of aromatic nitrogens is 2. The van der Waals surface area contributed by atoms with Crippen molar-refractivity contribution in [2.24, 2.45) is 0 Å². The highest BCUT2D eigenvalue weighted by Crippen LogP contribution is 2.28. The van der Waals surface area contributed by atoms with Crippen molar-refractivity contribution in [2.75, 3.05) is 19.6 Å². The summed E-state index contributed by atoms with van der Waals surface area (Å²) in [6.07, 6.45) is 5.00. The van der Waals surface area contributed by atoms with E-state index in [0.717, 1.165) is 56.8 Å². The van der Waals surface area contributed by atoms with Crippen LogP contribution in [0.4, 0.5) is 0 Å². The van der Waals surface area contributed by atoms with E-state index < -0.39 is 0 Å². The molecule has 142 valence electrons. The Kier molecular flexibility index (Phi) is 5.21. The summed E-state index contributed by atoms with van der Waals surface area (Å²) >= 11 is 0. The summed E-state index contributed by atoms with van der Waals surface area (Å²) in [6, 6.07) is 8.29. The molecule has 0 saturated carbocycles. The van der Waals surface area contributed by atoms with E-state index in [9.17, 15) is 4.79 Å². The van der Waals surface area contributed by atoms with Crippen LogP contribution in [0.5, 0.6) is 0 Å². The van der Waals surface area contributed by atoms with Gasteiger partial charge in [-0.3, -0.25) is 4.79 Å². The number of hydrogen-bond acceptors (Lipinski definition) is 4. The maximum Gasteiger partial charge on any atom is 0.229 e. The van der Waals surface area contributed by atoms with E-state index >= 15 is 0 Å². The summed E-state index contributed by atoms with van der Waals surface area (Å²) in [5.41, 5.74) is 4.69. The first kappa shape index (κ1) is 18.1. The second-order valence-electron chi connectivity index (χ2n) is 7.88. The fourth-order valence-electron chi connectivity index (χ4n) is 4.11. The molecule has 0 unspecified atom stereocenters. The number of aryl methyl sites for hydroxylation is 1. The molecule has 0 spiro atoms. The molecule has 0 aliphatic carbocycles. The van der Waals surface area contributed by atoms with E-state index in [1.54, 1.807) is 0 Å². The third-order valence-corrected chi connectivity index (χ3v) is 5.87. The average Bonchev–Trinajstić information content (AvgIpc) is 2.73. The van der Waals surface area contributed by atoms with E-state index in [-0.39, 0.29) is 17.7 Å². The molecule has 2 aliphatic heterocycles. The lowest BCUT2D eigenvalue weighted by atomic mass is 9.93. The van der Waals surface area contributed by atoms with Crippen molar-refractivity contribution in [1.82, 2.24) is 20.2 Å². The number of likely N-dealkylation sites (tertiary alicyclic amines) is 1. The van der Waals surface area contributed by atoms with Gasteiger partial charge in [-0.2, -0.15) is 0 Å². The Bertz CT molecular complexity index is 818. The van der Waals surface area contributed by atoms with Crippen LogP contribution in [0.25, 0.3) is 0 Å². The predicted molar refractivity (Wildman–Crippen MR) is 106 cm³/mol. The molecule has 0 radical (unpaired) electrons. The zero-order valence-corrected chi connectivity index (χ0v) is 16.2. The zero-order chi connectivity index (χ0) is 18.8. The lowest BCUT2D eigenvalue weighted by Crippen LogP contribution is -2.41. The molecule has 1 aromatic carbocycles. The third kappa shape index (κ3) is 3.88. The topological polar surface area (TPSA) is 58.1 Å². The molecule has 0 bridgehead atoms. The number of fused-ring (bicyclic) bond motifs is 1. The van der Waals surface area contributed by atoms with E-state index in [0.29, 0.717) is 0 Å². The van der Waals surface area contributed by atoms with Gasteiger partial charge in [0.2, 0.25) is 5.91 Å². The van der Waals surface area contributed by atoms with Crippen molar-refractivity contribution in [3.8, 4) is 0 Å². The lowest BCUT2D eigenvalue weighted by Gasteiger charge is -2.34. The maximum atomic E-state index is 13.1. The van der Waals surface area contributed by atoms with Gasteiger partial charge >= 0.3 is 0 Å². The number of benzene rings is 1. The number of carbonyl (C=O) groups excluding carboxylic acids is 1. The van der Waals surface area contributed by atoms with Gasteiger partial charge in [-0.1, -0.05) is 29.8 Å². The minimum Gasteiger partial charge on any atom is -0.341 e. The Hall–Kier alpha value is -2.27. The number of nitrogens with zero attached hydrogens (tertiary/aromatic N) is 3. The van der Waals surface area contributed by atoms with Crippen LogP contribution >= 0.6 is 0 Å². The minimum atomic E-state index is -0.111. The lowest BCUT2D eigenvalue weighted by molar-refractivity contribution is -0.133. The second kappa shape index (κ2) is 7.77. The number of nitrogens with one attached hydrogen (secondary N) is 1. The Morgan fingerprint density at radius 1 is 1.30 bits per heavy atom. The largest absolute Gasteiger partial charge is 0.341 e. The summed E-state index contributed by atoms with van der Waals surface area (Å²) < 4.78 is 0. The quantitative estimate of drug-likeness (QED) is 0.910. The normalized spacial score (nSPS) is 20.8. The molecule has 5 heteroatoms. The van der Waals surface area contributed by atoms with Gasteiger partial charge in [0.15, 0.2) is 0 Å². The highest BCUT2D eigenvalue weighted by molar-refractivity contribution is 5.83. The Morgan fingerprint density at radius 2 is 2.11 bits per heavy atom. The zero-order valence-electron chi connectivity index (χ0n) is 16.2. The first-order valence-corrected chi connectivity index (χ1v) is 10.0. The maximum absolute atomic E-state index is 13.1. The van der Waals surface area contributed by atoms with E-state index in [2.05, 4.69) is 41.5 Å². The third-order valence-electron chi connectivity index (χ3n) is 5.87. The summed E-state index contributed by atoms with van der Waals surface area (Å²) in [7, 11) is 0. The smallest absolute Gasteiger partial charge is 0.229 e. The Balaban J connectivity index is 1.47. The molecule has 5 nitrogen and oxygen atoms in total. The highest BCUT2D eigenvalue weighted by Gasteiger charge is 2.30. The molecule has 2 aliphatic rings. The van der Waals surface area contributed by atoms with Gasteiger partial charge in [0.05, 0.1) is 5.92 Å². The van der Waals surface area contributed by atoms with Crippen molar-refractivity contribution < 1.29 is 4.79 Å². The van der Waals surface area contributed by atoms with Crippen LogP contribution in [0.15, 0.2) is 30.5 Å². The predicted octanol–water partition coefficient (Wildman–Crippen LogP) is 2.94. The number of hydrogen-bond donors (Lipinski definition) is 1. The molecular formula is C22H28N4O. The molecule has 1 fully saturated rings. The fourth-order valence-corrected chi connectivity index (χ4v) is 4.11. The first-order valence-electron chi connectivity index (χ1n) is 10.0. The van der Waals surface area contributed by atoms with Crippen molar-refractivity contribution in [2.45, 2.75) is 51.5 Å². The van der Waals surface area contributed by atoms with Gasteiger partial charge in [0.1, 0.15) is 5.82 Å². The van der Waals surface area contributed by atoms with Crippen molar-refractivity contribution >= 4 is 5.91 Å². The molecule has 1 aromatic heterocycles. The molecule has 4 rings (SSSR count). The fraction of sp³-hybridized carbons (Fsp3) is 0.500. The standard InChI is InChI=1S/C22H28N4O/c1-15-5-7-17(8-6-15)16(2)22(27)26-11-3-4-18(14-26)21-24-13-19-12-23-10-9-20(19)25-21/h5-8,13,16,18,23H,3-4,9-12,14H2,1-2H3/t16-,18+/m0/s1. The number of amides is 1. The molecule has 2 aromatic rings. The first-order chi connectivity index (χ1) is 13.1. The van der Waals surface area contributed by atoms with Crippen LogP contribution < -0.4 is 5.32 Å². The van der Waals surface area contributed by atoms with Gasteiger partial charge in [-0.15, -0.1) is 0 Å². The summed E-state index contributed by atoms with van der Waals surface area (Å²) in [4.78, 5) is 24.6. The monoisotopic (exact) mass is 364 g/mol. The Labute approximate surface area is 161 Å². The highest BCUT2D eigenvalue weighted by atomic mass is 16.2. The molecule has 2 atom stereocenters. The molecule has 3 heterocycles. The average molecular weight is 364 g/mol. The number of piperidine rings is 1. The summed E-state index contributed by atoms with van der Waals surface area (Å²) in [5, 5.41) is 3.36. The van der Waals surface area contributed by atoms with Crippen molar-refractivity contribution in [1.29, 1.82) is 0 Å². The number of carbonyl (C=O) groups is 1. The van der Waals surface area contributed by atoms with E-state index in [4.69, 9.17) is 4.98 Å². The van der Waals surface area contributed by atoms with Crippen LogP contribution in [0.2, 0.25) is 0 Å². The van der Waals surface area contributed by atoms with Crippen LogP contribution in [0, 0.1) is 6.92 Å². The minimum absolute atomic E-state index is 0.111.